The quantitative estimate of drug-likeness (QED) is 0.582. The van der Waals surface area contributed by atoms with E-state index in [-0.39, 0.29) is 30.0 Å². The minimum atomic E-state index is -3.02. The summed E-state index contributed by atoms with van der Waals surface area (Å²) in [6, 6.07) is -0.230. The number of nitrogens with one attached hydrogen (secondary N) is 1. The Balaban J connectivity index is 2.37. The Hall–Kier alpha value is -1.08. The van der Waals surface area contributed by atoms with Crippen LogP contribution in [0.5, 0.6) is 0 Å². The maximum absolute atomic E-state index is 11.9. The highest BCUT2D eigenvalue weighted by atomic mass is 32.2. The second-order valence-corrected chi connectivity index (χ2v) is 6.99. The first-order valence-electron chi connectivity index (χ1n) is 6.36. The topological polar surface area (TPSA) is 75.7 Å². The fourth-order valence-electron chi connectivity index (χ4n) is 1.98. The molecule has 0 spiro atoms. The third-order valence-electron chi connectivity index (χ3n) is 2.79. The summed E-state index contributed by atoms with van der Waals surface area (Å²) >= 11 is 0. The van der Waals surface area contributed by atoms with Gasteiger partial charge in [0.2, 0.25) is 0 Å². The Kier molecular flexibility index (Phi) is 6.30. The molecule has 6 nitrogen and oxygen atoms in total. The number of carbonyl (C=O) groups excluding carboxylic acids is 1. The summed E-state index contributed by atoms with van der Waals surface area (Å²) in [5.41, 5.74) is 0. The molecule has 0 saturated carbocycles. The molecule has 2 amide bonds. The van der Waals surface area contributed by atoms with E-state index in [1.807, 2.05) is 6.92 Å². The van der Waals surface area contributed by atoms with Gasteiger partial charge in [-0.05, 0) is 5.92 Å². The minimum absolute atomic E-state index is 0.0322. The van der Waals surface area contributed by atoms with Gasteiger partial charge in [-0.25, -0.2) is 13.2 Å². The summed E-state index contributed by atoms with van der Waals surface area (Å²) in [5, 5.41) is 2.72. The third-order valence-corrected chi connectivity index (χ3v) is 4.67. The highest BCUT2D eigenvalue weighted by Crippen LogP contribution is 2.10. The second-order valence-electron chi connectivity index (χ2n) is 4.76. The van der Waals surface area contributed by atoms with Gasteiger partial charge >= 0.3 is 6.03 Å². The molecule has 1 heterocycles. The molecule has 1 fully saturated rings. The lowest BCUT2D eigenvalue weighted by molar-refractivity contribution is 0.157. The van der Waals surface area contributed by atoms with Crippen molar-refractivity contribution < 1.29 is 17.9 Å². The lowest BCUT2D eigenvalue weighted by Gasteiger charge is -2.22. The van der Waals surface area contributed by atoms with Crippen molar-refractivity contribution in [2.24, 2.45) is 5.92 Å². The van der Waals surface area contributed by atoms with Gasteiger partial charge in [0.25, 0.3) is 0 Å². The van der Waals surface area contributed by atoms with E-state index >= 15 is 0 Å². The second kappa shape index (κ2) is 7.49. The maximum Gasteiger partial charge on any atom is 0.317 e. The zero-order valence-electron chi connectivity index (χ0n) is 11.3. The van der Waals surface area contributed by atoms with Crippen LogP contribution in [0.1, 0.15) is 6.92 Å². The van der Waals surface area contributed by atoms with Crippen molar-refractivity contribution in [2.75, 3.05) is 44.4 Å². The third kappa shape index (κ3) is 6.07. The number of nitrogens with zero attached hydrogens (tertiary/aromatic N) is 1. The normalized spacial score (nSPS) is 22.6. The van der Waals surface area contributed by atoms with Crippen molar-refractivity contribution in [1.29, 1.82) is 0 Å². The van der Waals surface area contributed by atoms with Crippen molar-refractivity contribution in [3.63, 3.8) is 0 Å². The van der Waals surface area contributed by atoms with E-state index in [1.165, 1.54) is 0 Å². The Bertz CT molecular complexity index is 408. The van der Waals surface area contributed by atoms with Gasteiger partial charge in [-0.15, -0.1) is 6.58 Å². The monoisotopic (exact) mass is 290 g/mol. The van der Waals surface area contributed by atoms with Gasteiger partial charge in [0.05, 0.1) is 24.7 Å². The number of ether oxygens (including phenoxy) is 1. The molecule has 0 unspecified atom stereocenters. The van der Waals surface area contributed by atoms with Crippen LogP contribution in [0.3, 0.4) is 0 Å². The molecule has 0 bridgehead atoms. The Labute approximate surface area is 114 Å². The summed E-state index contributed by atoms with van der Waals surface area (Å²) < 4.78 is 28.3. The Morgan fingerprint density at radius 1 is 1.58 bits per heavy atom. The van der Waals surface area contributed by atoms with E-state index in [0.717, 1.165) is 0 Å². The molecule has 7 heteroatoms. The first-order chi connectivity index (χ1) is 8.94. The fourth-order valence-corrected chi connectivity index (χ4v) is 3.62. The molecule has 1 aliphatic rings. The van der Waals surface area contributed by atoms with Crippen LogP contribution in [0, 0.1) is 5.92 Å². The highest BCUT2D eigenvalue weighted by Gasteiger charge is 2.26. The minimum Gasteiger partial charge on any atom is -0.376 e. The molecular formula is C12H22N2O4S. The van der Waals surface area contributed by atoms with Gasteiger partial charge in [0, 0.05) is 19.6 Å². The molecule has 19 heavy (non-hydrogen) atoms. The van der Waals surface area contributed by atoms with Crippen LogP contribution in [0.4, 0.5) is 4.79 Å². The van der Waals surface area contributed by atoms with Crippen LogP contribution in [-0.4, -0.2) is 63.7 Å². The molecule has 0 aromatic heterocycles. The van der Waals surface area contributed by atoms with Crippen molar-refractivity contribution in [3.8, 4) is 0 Å². The molecule has 0 aromatic rings. The first-order valence-corrected chi connectivity index (χ1v) is 8.18. The molecule has 0 aliphatic carbocycles. The van der Waals surface area contributed by atoms with Crippen LogP contribution < -0.4 is 5.32 Å². The number of urea groups is 1. The van der Waals surface area contributed by atoms with Crippen molar-refractivity contribution in [3.05, 3.63) is 12.7 Å². The highest BCUT2D eigenvalue weighted by molar-refractivity contribution is 7.91. The van der Waals surface area contributed by atoms with E-state index in [4.69, 9.17) is 4.74 Å². The van der Waals surface area contributed by atoms with E-state index in [1.54, 1.807) is 11.0 Å². The lowest BCUT2D eigenvalue weighted by Crippen LogP contribution is -2.43. The van der Waals surface area contributed by atoms with Gasteiger partial charge in [-0.3, -0.25) is 0 Å². The van der Waals surface area contributed by atoms with E-state index < -0.39 is 9.84 Å². The van der Waals surface area contributed by atoms with Crippen LogP contribution in [0.15, 0.2) is 12.7 Å². The Morgan fingerprint density at radius 3 is 3.00 bits per heavy atom. The molecule has 1 saturated heterocycles. The molecule has 1 atom stereocenters. The van der Waals surface area contributed by atoms with Crippen molar-refractivity contribution in [2.45, 2.75) is 6.92 Å². The molecule has 1 aliphatic heterocycles. The summed E-state index contributed by atoms with van der Waals surface area (Å²) in [5.74, 6) is 0.159. The fraction of sp³-hybridized carbons (Fsp3) is 0.750. The molecule has 1 N–H and O–H groups in total. The van der Waals surface area contributed by atoms with Crippen molar-refractivity contribution in [1.82, 2.24) is 10.2 Å². The van der Waals surface area contributed by atoms with Gasteiger partial charge in [0.15, 0.2) is 9.84 Å². The molecule has 110 valence electrons. The number of rotatable bonds is 5. The lowest BCUT2D eigenvalue weighted by atomic mass is 10.2. The average molecular weight is 290 g/mol. The summed E-state index contributed by atoms with van der Waals surface area (Å²) in [4.78, 5) is 13.4. The van der Waals surface area contributed by atoms with Gasteiger partial charge in [0.1, 0.15) is 0 Å². The number of carbonyl (C=O) groups is 1. The van der Waals surface area contributed by atoms with Gasteiger partial charge in [-0.1, -0.05) is 13.0 Å². The Morgan fingerprint density at radius 2 is 2.32 bits per heavy atom. The number of hydrogen-bond acceptors (Lipinski definition) is 4. The molecule has 0 radical (unpaired) electrons. The summed E-state index contributed by atoms with van der Waals surface area (Å²) in [6.45, 7) is 7.37. The van der Waals surface area contributed by atoms with E-state index in [9.17, 15) is 13.2 Å². The molecule has 1 rings (SSSR count). The van der Waals surface area contributed by atoms with Crippen LogP contribution in [-0.2, 0) is 14.6 Å². The number of hydrogen-bond donors (Lipinski definition) is 1. The zero-order chi connectivity index (χ0) is 14.3. The smallest absolute Gasteiger partial charge is 0.317 e. The van der Waals surface area contributed by atoms with Crippen LogP contribution >= 0.6 is 0 Å². The van der Waals surface area contributed by atoms with E-state index in [0.29, 0.717) is 26.3 Å². The summed E-state index contributed by atoms with van der Waals surface area (Å²) in [6.07, 6.45) is 1.64. The van der Waals surface area contributed by atoms with Gasteiger partial charge < -0.3 is 15.0 Å². The SMILES string of the molecule is C=CCOCCNC(=O)N1CCS(=O)(=O)C[C@@H](C)C1. The van der Waals surface area contributed by atoms with Gasteiger partial charge in [-0.2, -0.15) is 0 Å². The van der Waals surface area contributed by atoms with Crippen molar-refractivity contribution >= 4 is 15.9 Å². The maximum atomic E-state index is 11.9. The zero-order valence-corrected chi connectivity index (χ0v) is 12.1. The average Bonchev–Trinajstić information content (AvgIpc) is 2.46. The van der Waals surface area contributed by atoms with Crippen LogP contribution in [0.2, 0.25) is 0 Å². The number of sulfone groups is 1. The summed E-state index contributed by atoms with van der Waals surface area (Å²) in [7, 11) is -3.02. The largest absolute Gasteiger partial charge is 0.376 e. The number of amides is 2. The predicted octanol–water partition coefficient (Wildman–Crippen LogP) is 0.265. The first kappa shape index (κ1) is 16.0. The predicted molar refractivity (Wildman–Crippen MR) is 73.8 cm³/mol. The standard InChI is InChI=1S/C12H22N2O4S/c1-3-6-18-7-4-13-12(15)14-5-8-19(16,17)10-11(2)9-14/h3,11H,1,4-10H2,2H3,(H,13,15)/t11-/m0/s1. The van der Waals surface area contributed by atoms with Crippen LogP contribution in [0.25, 0.3) is 0 Å². The molecule has 0 aromatic carbocycles. The molecular weight excluding hydrogens is 268 g/mol. The van der Waals surface area contributed by atoms with E-state index in [2.05, 4.69) is 11.9 Å².